The minimum atomic E-state index is -1.18. The van der Waals surface area contributed by atoms with Gasteiger partial charge in [0, 0.05) is 25.0 Å². The zero-order valence-electron chi connectivity index (χ0n) is 9.89. The highest BCUT2D eigenvalue weighted by Crippen LogP contribution is 2.17. The Morgan fingerprint density at radius 2 is 2.11 bits per heavy atom. The van der Waals surface area contributed by atoms with Gasteiger partial charge in [-0.1, -0.05) is 0 Å². The van der Waals surface area contributed by atoms with Gasteiger partial charge in [-0.2, -0.15) is 0 Å². The van der Waals surface area contributed by atoms with Crippen LogP contribution in [0.5, 0.6) is 0 Å². The summed E-state index contributed by atoms with van der Waals surface area (Å²) < 4.78 is 1.38. The van der Waals surface area contributed by atoms with E-state index in [0.29, 0.717) is 13.0 Å². The molecule has 0 unspecified atom stereocenters. The number of nitrogens with zero attached hydrogens (tertiary/aromatic N) is 3. The molecule has 1 N–H and O–H groups in total. The lowest BCUT2D eigenvalue weighted by atomic mass is 10.2. The first-order chi connectivity index (χ1) is 9.08. The molecule has 7 nitrogen and oxygen atoms in total. The van der Waals surface area contributed by atoms with Gasteiger partial charge in [-0.15, -0.1) is 0 Å². The van der Waals surface area contributed by atoms with E-state index in [1.165, 1.54) is 10.8 Å². The van der Waals surface area contributed by atoms with Crippen molar-refractivity contribution in [3.8, 4) is 0 Å². The Labute approximate surface area is 108 Å². The van der Waals surface area contributed by atoms with Crippen LogP contribution in [0.15, 0.2) is 36.8 Å². The Hall–Kier alpha value is -2.70. The van der Waals surface area contributed by atoms with Gasteiger partial charge in [0.25, 0.3) is 5.69 Å². The molecule has 2 aromatic rings. The summed E-state index contributed by atoms with van der Waals surface area (Å²) in [6, 6.07) is 4.70. The molecule has 0 aliphatic rings. The van der Waals surface area contributed by atoms with Crippen LogP contribution in [0, 0.1) is 10.1 Å². The Balaban J connectivity index is 2.19. The van der Waals surface area contributed by atoms with Crippen LogP contribution in [0.25, 0.3) is 0 Å². The van der Waals surface area contributed by atoms with Crippen molar-refractivity contribution in [3.63, 3.8) is 0 Å². The molecule has 7 heteroatoms. The minimum Gasteiger partial charge on any atom is -0.477 e. The van der Waals surface area contributed by atoms with Crippen LogP contribution in [-0.4, -0.2) is 25.6 Å². The first-order valence-corrected chi connectivity index (χ1v) is 5.54. The van der Waals surface area contributed by atoms with Crippen molar-refractivity contribution in [1.82, 2.24) is 9.55 Å². The third-order valence-electron chi connectivity index (χ3n) is 2.70. The highest BCUT2D eigenvalue weighted by Gasteiger charge is 2.18. The molecule has 0 fully saturated rings. The van der Waals surface area contributed by atoms with Crippen LogP contribution in [0.3, 0.4) is 0 Å². The minimum absolute atomic E-state index is 0.0826. The molecular formula is C12H11N3O4. The molecule has 0 saturated carbocycles. The maximum absolute atomic E-state index is 11.0. The molecule has 0 spiro atoms. The molecule has 0 aromatic carbocycles. The largest absolute Gasteiger partial charge is 0.477 e. The molecule has 0 aliphatic heterocycles. The first-order valence-electron chi connectivity index (χ1n) is 5.54. The molecule has 19 heavy (non-hydrogen) atoms. The molecular weight excluding hydrogens is 250 g/mol. The van der Waals surface area contributed by atoms with Crippen LogP contribution >= 0.6 is 0 Å². The normalized spacial score (nSPS) is 10.3. The molecule has 2 heterocycles. The van der Waals surface area contributed by atoms with Crippen LogP contribution in [0.2, 0.25) is 0 Å². The lowest BCUT2D eigenvalue weighted by Crippen LogP contribution is -2.09. The van der Waals surface area contributed by atoms with Gasteiger partial charge in [-0.3, -0.25) is 15.1 Å². The number of hydrogen-bond donors (Lipinski definition) is 1. The van der Waals surface area contributed by atoms with Crippen molar-refractivity contribution in [3.05, 3.63) is 58.2 Å². The van der Waals surface area contributed by atoms with E-state index in [9.17, 15) is 14.9 Å². The SMILES string of the molecule is O=C(O)c1cc([N+](=O)[O-])cn1CCc1ccncc1. The van der Waals surface area contributed by atoms with Gasteiger partial charge in [0.2, 0.25) is 0 Å². The lowest BCUT2D eigenvalue weighted by Gasteiger charge is -2.05. The smallest absolute Gasteiger partial charge is 0.352 e. The summed E-state index contributed by atoms with van der Waals surface area (Å²) in [6.07, 6.45) is 5.11. The fourth-order valence-electron chi connectivity index (χ4n) is 1.76. The van der Waals surface area contributed by atoms with Crippen molar-refractivity contribution in [2.45, 2.75) is 13.0 Å². The molecule has 0 amide bonds. The number of aromatic carboxylic acids is 1. The summed E-state index contributed by atoms with van der Waals surface area (Å²) in [6.45, 7) is 0.361. The van der Waals surface area contributed by atoms with Gasteiger partial charge in [-0.05, 0) is 24.1 Å². The topological polar surface area (TPSA) is 98.3 Å². The molecule has 0 saturated heterocycles. The Morgan fingerprint density at radius 3 is 2.68 bits per heavy atom. The van der Waals surface area contributed by atoms with Crippen LogP contribution in [0.4, 0.5) is 5.69 Å². The predicted octanol–water partition coefficient (Wildman–Crippen LogP) is 1.73. The highest BCUT2D eigenvalue weighted by molar-refractivity contribution is 5.86. The summed E-state index contributed by atoms with van der Waals surface area (Å²) in [5.74, 6) is -1.18. The van der Waals surface area contributed by atoms with Crippen molar-refractivity contribution in [2.75, 3.05) is 0 Å². The zero-order chi connectivity index (χ0) is 13.8. The van der Waals surface area contributed by atoms with Gasteiger partial charge in [0.1, 0.15) is 5.69 Å². The summed E-state index contributed by atoms with van der Waals surface area (Å²) in [7, 11) is 0. The first kappa shape index (κ1) is 12.7. The summed E-state index contributed by atoms with van der Waals surface area (Å²) in [5.41, 5.74) is 0.690. The predicted molar refractivity (Wildman–Crippen MR) is 66.0 cm³/mol. The number of hydrogen-bond acceptors (Lipinski definition) is 4. The van der Waals surface area contributed by atoms with Crippen molar-refractivity contribution >= 4 is 11.7 Å². The standard InChI is InChI=1S/C12H11N3O4/c16-12(17)11-7-10(15(18)19)8-14(11)6-3-9-1-4-13-5-2-9/h1-2,4-5,7-8H,3,6H2,(H,16,17). The van der Waals surface area contributed by atoms with E-state index in [4.69, 9.17) is 5.11 Å². The fourth-order valence-corrected chi connectivity index (χ4v) is 1.76. The van der Waals surface area contributed by atoms with Crippen molar-refractivity contribution in [2.24, 2.45) is 0 Å². The molecule has 2 aromatic heterocycles. The maximum Gasteiger partial charge on any atom is 0.352 e. The summed E-state index contributed by atoms with van der Waals surface area (Å²) in [4.78, 5) is 25.0. The Morgan fingerprint density at radius 1 is 1.42 bits per heavy atom. The number of carbonyl (C=O) groups is 1. The molecule has 0 atom stereocenters. The van der Waals surface area contributed by atoms with Crippen molar-refractivity contribution in [1.29, 1.82) is 0 Å². The van der Waals surface area contributed by atoms with E-state index >= 15 is 0 Å². The Bertz CT molecular complexity index is 607. The zero-order valence-corrected chi connectivity index (χ0v) is 9.89. The van der Waals surface area contributed by atoms with E-state index in [1.807, 2.05) is 12.1 Å². The molecule has 0 aliphatic carbocycles. The summed E-state index contributed by atoms with van der Waals surface area (Å²) >= 11 is 0. The van der Waals surface area contributed by atoms with E-state index in [0.717, 1.165) is 11.6 Å². The van der Waals surface area contributed by atoms with E-state index in [2.05, 4.69) is 4.98 Å². The second-order valence-electron chi connectivity index (χ2n) is 3.94. The summed E-state index contributed by atoms with van der Waals surface area (Å²) in [5, 5.41) is 19.7. The van der Waals surface area contributed by atoms with Gasteiger partial charge in [0.15, 0.2) is 0 Å². The van der Waals surface area contributed by atoms with Gasteiger partial charge in [-0.25, -0.2) is 4.79 Å². The molecule has 98 valence electrons. The van der Waals surface area contributed by atoms with E-state index in [-0.39, 0.29) is 11.4 Å². The van der Waals surface area contributed by atoms with Gasteiger partial charge in [0.05, 0.1) is 11.1 Å². The number of aryl methyl sites for hydroxylation is 2. The Kier molecular flexibility index (Phi) is 3.56. The van der Waals surface area contributed by atoms with Crippen molar-refractivity contribution < 1.29 is 14.8 Å². The number of aromatic nitrogens is 2. The quantitative estimate of drug-likeness (QED) is 0.652. The second kappa shape index (κ2) is 5.30. The molecule has 2 rings (SSSR count). The number of carboxylic acids is 1. The fraction of sp³-hybridized carbons (Fsp3) is 0.167. The number of nitro groups is 1. The van der Waals surface area contributed by atoms with Crippen LogP contribution < -0.4 is 0 Å². The van der Waals surface area contributed by atoms with Crippen LogP contribution in [0.1, 0.15) is 16.1 Å². The highest BCUT2D eigenvalue weighted by atomic mass is 16.6. The maximum atomic E-state index is 11.0. The second-order valence-corrected chi connectivity index (χ2v) is 3.94. The monoisotopic (exact) mass is 261 g/mol. The average molecular weight is 261 g/mol. The number of carboxylic acid groups (broad SMARTS) is 1. The third-order valence-corrected chi connectivity index (χ3v) is 2.70. The van der Waals surface area contributed by atoms with E-state index in [1.54, 1.807) is 12.4 Å². The van der Waals surface area contributed by atoms with Gasteiger partial charge >= 0.3 is 5.97 Å². The van der Waals surface area contributed by atoms with Gasteiger partial charge < -0.3 is 9.67 Å². The molecule has 0 radical (unpaired) electrons. The lowest BCUT2D eigenvalue weighted by molar-refractivity contribution is -0.384. The average Bonchev–Trinajstić information content (AvgIpc) is 2.82. The number of rotatable bonds is 5. The van der Waals surface area contributed by atoms with E-state index < -0.39 is 10.9 Å². The number of pyridine rings is 1. The molecule has 0 bridgehead atoms. The third kappa shape index (κ3) is 2.95. The van der Waals surface area contributed by atoms with Crippen LogP contribution in [-0.2, 0) is 13.0 Å².